The highest BCUT2D eigenvalue weighted by Crippen LogP contribution is 2.21. The first-order valence-corrected chi connectivity index (χ1v) is 7.78. The van der Waals surface area contributed by atoms with Crippen molar-refractivity contribution in [3.05, 3.63) is 53.3 Å². The van der Waals surface area contributed by atoms with Crippen LogP contribution < -0.4 is 16.2 Å². The average Bonchev–Trinajstić information content (AvgIpc) is 3.11. The first-order chi connectivity index (χ1) is 12.5. The zero-order valence-electron chi connectivity index (χ0n) is 13.5. The zero-order valence-corrected chi connectivity index (χ0v) is 14.2. The highest BCUT2D eigenvalue weighted by molar-refractivity contribution is 6.34. The second-order valence-electron chi connectivity index (χ2n) is 5.11. The van der Waals surface area contributed by atoms with E-state index in [0.717, 1.165) is 0 Å². The Balaban J connectivity index is 1.68. The van der Waals surface area contributed by atoms with Gasteiger partial charge in [0.25, 0.3) is 5.91 Å². The fraction of sp³-hybridized carbons (Fsp3) is 0.0625. The van der Waals surface area contributed by atoms with Crippen molar-refractivity contribution in [1.82, 2.24) is 20.6 Å². The molecule has 10 heteroatoms. The number of halogens is 1. The van der Waals surface area contributed by atoms with E-state index in [-0.39, 0.29) is 22.5 Å². The molecule has 0 aliphatic rings. The fourth-order valence-corrected chi connectivity index (χ4v) is 2.25. The summed E-state index contributed by atoms with van der Waals surface area (Å²) in [6, 6.07) is 8.00. The van der Waals surface area contributed by atoms with E-state index >= 15 is 0 Å². The lowest BCUT2D eigenvalue weighted by Crippen LogP contribution is -2.29. The molecule has 0 aliphatic heterocycles. The van der Waals surface area contributed by atoms with Crippen LogP contribution in [-0.2, 0) is 4.79 Å². The number of hydrogen-bond acceptors (Lipinski definition) is 7. The first-order valence-electron chi connectivity index (χ1n) is 7.40. The van der Waals surface area contributed by atoms with E-state index in [4.69, 9.17) is 16.1 Å². The van der Waals surface area contributed by atoms with E-state index in [2.05, 4.69) is 31.3 Å². The standard InChI is InChI=1S/C16H13ClN6O3/c1-9(24)19-11-2-3-13(17)12(8-11)15(25)21-22-16-20-14(23-26-16)10-4-6-18-7-5-10/h2-8H,1H3,(H,19,24)(H,21,25)(H,20,22,23). The van der Waals surface area contributed by atoms with E-state index in [1.54, 1.807) is 30.6 Å². The summed E-state index contributed by atoms with van der Waals surface area (Å²) in [5, 5.41) is 6.60. The Hall–Kier alpha value is -3.46. The van der Waals surface area contributed by atoms with Crippen LogP contribution in [0.5, 0.6) is 0 Å². The van der Waals surface area contributed by atoms with Crippen LogP contribution in [0.15, 0.2) is 47.2 Å². The van der Waals surface area contributed by atoms with Crippen molar-refractivity contribution in [3.63, 3.8) is 0 Å². The number of rotatable bonds is 5. The lowest BCUT2D eigenvalue weighted by molar-refractivity contribution is -0.114. The molecule has 3 N–H and O–H groups in total. The molecule has 0 bridgehead atoms. The lowest BCUT2D eigenvalue weighted by Gasteiger charge is -2.08. The van der Waals surface area contributed by atoms with Crippen LogP contribution in [0.2, 0.25) is 5.02 Å². The highest BCUT2D eigenvalue weighted by atomic mass is 35.5. The van der Waals surface area contributed by atoms with Gasteiger partial charge in [-0.15, -0.1) is 0 Å². The Morgan fingerprint density at radius 3 is 2.65 bits per heavy atom. The molecule has 132 valence electrons. The Bertz CT molecular complexity index is 944. The normalized spacial score (nSPS) is 10.2. The van der Waals surface area contributed by atoms with Crippen LogP contribution in [0.4, 0.5) is 11.7 Å². The van der Waals surface area contributed by atoms with Crippen molar-refractivity contribution in [3.8, 4) is 11.4 Å². The lowest BCUT2D eigenvalue weighted by atomic mass is 10.2. The third-order valence-corrected chi connectivity index (χ3v) is 3.51. The predicted molar refractivity (Wildman–Crippen MR) is 94.4 cm³/mol. The summed E-state index contributed by atoms with van der Waals surface area (Å²) >= 11 is 6.03. The Morgan fingerprint density at radius 2 is 1.92 bits per heavy atom. The molecule has 0 fully saturated rings. The molecule has 0 unspecified atom stereocenters. The summed E-state index contributed by atoms with van der Waals surface area (Å²) in [5.74, 6) is -0.452. The second kappa shape index (κ2) is 7.62. The molecule has 0 saturated carbocycles. The minimum atomic E-state index is -0.536. The number of carbonyl (C=O) groups excluding carboxylic acids is 2. The van der Waals surface area contributed by atoms with Gasteiger partial charge in [-0.2, -0.15) is 4.98 Å². The molecule has 0 radical (unpaired) electrons. The van der Waals surface area contributed by atoms with E-state index in [1.807, 2.05) is 0 Å². The molecule has 0 saturated heterocycles. The van der Waals surface area contributed by atoms with Crippen LogP contribution in [0.25, 0.3) is 11.4 Å². The smallest absolute Gasteiger partial charge is 0.326 e. The fourth-order valence-electron chi connectivity index (χ4n) is 2.05. The largest absolute Gasteiger partial charge is 0.340 e. The van der Waals surface area contributed by atoms with Crippen molar-refractivity contribution < 1.29 is 14.1 Å². The van der Waals surface area contributed by atoms with Gasteiger partial charge in [0, 0.05) is 30.6 Å². The van der Waals surface area contributed by atoms with E-state index in [9.17, 15) is 9.59 Å². The molecular weight excluding hydrogens is 360 g/mol. The molecule has 9 nitrogen and oxygen atoms in total. The number of hydrazine groups is 1. The van der Waals surface area contributed by atoms with E-state index in [0.29, 0.717) is 17.1 Å². The van der Waals surface area contributed by atoms with Crippen LogP contribution in [0, 0.1) is 0 Å². The number of nitrogens with one attached hydrogen (secondary N) is 3. The minimum Gasteiger partial charge on any atom is -0.326 e. The van der Waals surface area contributed by atoms with E-state index in [1.165, 1.54) is 19.1 Å². The van der Waals surface area contributed by atoms with Gasteiger partial charge in [0.2, 0.25) is 11.7 Å². The molecule has 26 heavy (non-hydrogen) atoms. The van der Waals surface area contributed by atoms with Gasteiger partial charge in [-0.25, -0.2) is 5.43 Å². The molecule has 2 amide bonds. The molecule has 2 aromatic heterocycles. The van der Waals surface area contributed by atoms with Crippen LogP contribution >= 0.6 is 11.6 Å². The van der Waals surface area contributed by atoms with Crippen molar-refractivity contribution in [2.24, 2.45) is 0 Å². The topological polar surface area (TPSA) is 122 Å². The van der Waals surface area contributed by atoms with E-state index < -0.39 is 5.91 Å². The van der Waals surface area contributed by atoms with Crippen molar-refractivity contribution >= 4 is 35.1 Å². The Labute approximate surface area is 152 Å². The Kier molecular flexibility index (Phi) is 5.09. The summed E-state index contributed by atoms with van der Waals surface area (Å²) in [6.45, 7) is 1.37. The monoisotopic (exact) mass is 372 g/mol. The maximum atomic E-state index is 12.3. The van der Waals surface area contributed by atoms with Crippen LogP contribution in [-0.4, -0.2) is 26.9 Å². The molecule has 0 spiro atoms. The quantitative estimate of drug-likeness (QED) is 0.588. The summed E-state index contributed by atoms with van der Waals surface area (Å²) in [4.78, 5) is 31.4. The number of aromatic nitrogens is 3. The summed E-state index contributed by atoms with van der Waals surface area (Å²) in [5.41, 5.74) is 6.26. The summed E-state index contributed by atoms with van der Waals surface area (Å²) < 4.78 is 5.01. The number of hydrogen-bond donors (Lipinski definition) is 3. The Morgan fingerprint density at radius 1 is 1.15 bits per heavy atom. The number of benzene rings is 1. The summed E-state index contributed by atoms with van der Waals surface area (Å²) in [7, 11) is 0. The first kappa shape index (κ1) is 17.4. The van der Waals surface area contributed by atoms with Crippen LogP contribution in [0.3, 0.4) is 0 Å². The molecule has 3 aromatic rings. The van der Waals surface area contributed by atoms with Gasteiger partial charge < -0.3 is 9.84 Å². The number of carbonyl (C=O) groups is 2. The van der Waals surface area contributed by atoms with Crippen LogP contribution in [0.1, 0.15) is 17.3 Å². The zero-order chi connectivity index (χ0) is 18.5. The molecular formula is C16H13ClN6O3. The minimum absolute atomic E-state index is 0.000648. The molecule has 1 aromatic carbocycles. The molecule has 2 heterocycles. The number of pyridine rings is 1. The van der Waals surface area contributed by atoms with Crippen molar-refractivity contribution in [2.75, 3.05) is 10.7 Å². The number of anilines is 2. The van der Waals surface area contributed by atoms with Crippen molar-refractivity contribution in [2.45, 2.75) is 6.92 Å². The average molecular weight is 373 g/mol. The number of nitrogens with zero attached hydrogens (tertiary/aromatic N) is 3. The molecule has 0 atom stereocenters. The third kappa shape index (κ3) is 4.14. The van der Waals surface area contributed by atoms with Crippen molar-refractivity contribution in [1.29, 1.82) is 0 Å². The third-order valence-electron chi connectivity index (χ3n) is 3.18. The van der Waals surface area contributed by atoms with Gasteiger partial charge in [0.05, 0.1) is 10.6 Å². The van der Waals surface area contributed by atoms with Gasteiger partial charge in [0.15, 0.2) is 0 Å². The van der Waals surface area contributed by atoms with Gasteiger partial charge in [-0.05, 0) is 30.3 Å². The van der Waals surface area contributed by atoms with Gasteiger partial charge in [-0.1, -0.05) is 16.8 Å². The summed E-state index contributed by atoms with van der Waals surface area (Å²) in [6.07, 6.45) is 3.20. The SMILES string of the molecule is CC(=O)Nc1ccc(Cl)c(C(=O)NNc2nc(-c3ccncc3)no2)c1. The molecule has 3 rings (SSSR count). The van der Waals surface area contributed by atoms with Gasteiger partial charge in [-0.3, -0.25) is 20.0 Å². The maximum Gasteiger partial charge on any atom is 0.340 e. The van der Waals surface area contributed by atoms with Gasteiger partial charge in [0.1, 0.15) is 0 Å². The second-order valence-corrected chi connectivity index (χ2v) is 5.52. The van der Waals surface area contributed by atoms with Gasteiger partial charge >= 0.3 is 6.01 Å². The predicted octanol–water partition coefficient (Wildman–Crippen LogP) is 2.50. The maximum absolute atomic E-state index is 12.3. The highest BCUT2D eigenvalue weighted by Gasteiger charge is 2.14. The number of amides is 2. The molecule has 0 aliphatic carbocycles.